The molecule has 1 fully saturated rings. The van der Waals surface area contributed by atoms with Gasteiger partial charge in [0.2, 0.25) is 0 Å². The van der Waals surface area contributed by atoms with Crippen LogP contribution in [-0.4, -0.2) is 16.6 Å². The molecule has 0 bridgehead atoms. The summed E-state index contributed by atoms with van der Waals surface area (Å²) in [5.41, 5.74) is 0.669. The zero-order valence-corrected chi connectivity index (χ0v) is 17.0. The van der Waals surface area contributed by atoms with Crippen LogP contribution in [0.15, 0.2) is 0 Å². The van der Waals surface area contributed by atoms with Gasteiger partial charge in [0, 0.05) is 11.0 Å². The highest BCUT2D eigenvalue weighted by molar-refractivity contribution is 14.1. The molecule has 0 aliphatic heterocycles. The second kappa shape index (κ2) is 9.75. The molecular weight excluding hydrogens is 371 g/mol. The smallest absolute Gasteiger partial charge is 0.0771 e. The topological polar surface area (TPSA) is 9.23 Å². The van der Waals surface area contributed by atoms with Crippen LogP contribution in [0, 0.1) is 11.3 Å². The maximum atomic E-state index is 6.38. The van der Waals surface area contributed by atoms with Gasteiger partial charge in [-0.05, 0) is 43.4 Å². The minimum absolute atomic E-state index is 0.200. The molecule has 0 amide bonds. The summed E-state index contributed by atoms with van der Waals surface area (Å²) in [5, 5.41) is 0. The van der Waals surface area contributed by atoms with Crippen LogP contribution in [0.5, 0.6) is 0 Å². The van der Waals surface area contributed by atoms with Crippen LogP contribution in [0.3, 0.4) is 0 Å². The standard InChI is InChI=1S/C19H37IO/c1-5-6-7-8-9-10-15-21-19(16-20)13-11-17(12-14-19)18(2,3)4/h17H,5-16H2,1-4H3. The summed E-state index contributed by atoms with van der Waals surface area (Å²) >= 11 is 2.54. The molecule has 126 valence electrons. The quantitative estimate of drug-likeness (QED) is 0.232. The van der Waals surface area contributed by atoms with Crippen LogP contribution in [0.2, 0.25) is 0 Å². The summed E-state index contributed by atoms with van der Waals surface area (Å²) in [6.07, 6.45) is 13.4. The molecule has 1 rings (SSSR count). The Morgan fingerprint density at radius 1 is 1.00 bits per heavy atom. The fraction of sp³-hybridized carbons (Fsp3) is 1.00. The van der Waals surface area contributed by atoms with E-state index in [1.807, 2.05) is 0 Å². The minimum Gasteiger partial charge on any atom is -0.374 e. The first-order chi connectivity index (χ1) is 9.93. The van der Waals surface area contributed by atoms with E-state index in [1.54, 1.807) is 0 Å². The Labute approximate surface area is 147 Å². The Hall–Kier alpha value is 0.690. The normalized spacial score (nSPS) is 27.0. The van der Waals surface area contributed by atoms with Crippen molar-refractivity contribution in [1.82, 2.24) is 0 Å². The Morgan fingerprint density at radius 2 is 1.57 bits per heavy atom. The Bertz CT molecular complexity index is 261. The van der Waals surface area contributed by atoms with Crippen molar-refractivity contribution in [2.75, 3.05) is 11.0 Å². The third-order valence-electron chi connectivity index (χ3n) is 5.27. The highest BCUT2D eigenvalue weighted by atomic mass is 127. The van der Waals surface area contributed by atoms with E-state index in [0.717, 1.165) is 17.0 Å². The molecule has 0 aromatic heterocycles. The first kappa shape index (κ1) is 19.7. The fourth-order valence-electron chi connectivity index (χ4n) is 3.50. The molecular formula is C19H37IO. The van der Waals surface area contributed by atoms with E-state index in [0.29, 0.717) is 5.41 Å². The van der Waals surface area contributed by atoms with Crippen LogP contribution < -0.4 is 0 Å². The zero-order valence-electron chi connectivity index (χ0n) is 14.8. The maximum absolute atomic E-state index is 6.38. The number of unbranched alkanes of at least 4 members (excludes halogenated alkanes) is 5. The van der Waals surface area contributed by atoms with E-state index in [9.17, 15) is 0 Å². The van der Waals surface area contributed by atoms with E-state index in [2.05, 4.69) is 50.3 Å². The number of hydrogen-bond donors (Lipinski definition) is 0. The number of alkyl halides is 1. The second-order valence-electron chi connectivity index (χ2n) is 8.07. The zero-order chi connectivity index (χ0) is 15.8. The third kappa shape index (κ3) is 7.20. The molecule has 1 nitrogen and oxygen atoms in total. The number of hydrogen-bond acceptors (Lipinski definition) is 1. The van der Waals surface area contributed by atoms with E-state index < -0.39 is 0 Å². The molecule has 0 atom stereocenters. The number of ether oxygens (including phenoxy) is 1. The van der Waals surface area contributed by atoms with Crippen molar-refractivity contribution < 1.29 is 4.74 Å². The van der Waals surface area contributed by atoms with Gasteiger partial charge >= 0.3 is 0 Å². The first-order valence-electron chi connectivity index (χ1n) is 9.13. The average molecular weight is 408 g/mol. The summed E-state index contributed by atoms with van der Waals surface area (Å²) in [6.45, 7) is 10.4. The van der Waals surface area contributed by atoms with Gasteiger partial charge in [-0.1, -0.05) is 82.4 Å². The molecule has 0 N–H and O–H groups in total. The van der Waals surface area contributed by atoms with Crippen molar-refractivity contribution in [3.63, 3.8) is 0 Å². The van der Waals surface area contributed by atoms with Crippen molar-refractivity contribution in [3.05, 3.63) is 0 Å². The van der Waals surface area contributed by atoms with Gasteiger partial charge in [0.1, 0.15) is 0 Å². The van der Waals surface area contributed by atoms with Gasteiger partial charge in [-0.2, -0.15) is 0 Å². The summed E-state index contributed by atoms with van der Waals surface area (Å²) in [4.78, 5) is 0. The van der Waals surface area contributed by atoms with Crippen LogP contribution in [-0.2, 0) is 4.74 Å². The molecule has 0 unspecified atom stereocenters. The maximum Gasteiger partial charge on any atom is 0.0771 e. The highest BCUT2D eigenvalue weighted by Gasteiger charge is 2.38. The number of rotatable bonds is 9. The van der Waals surface area contributed by atoms with Gasteiger partial charge in [0.25, 0.3) is 0 Å². The Morgan fingerprint density at radius 3 is 2.10 bits per heavy atom. The van der Waals surface area contributed by atoms with Crippen molar-refractivity contribution in [2.24, 2.45) is 11.3 Å². The lowest BCUT2D eigenvalue weighted by Gasteiger charge is -2.43. The lowest BCUT2D eigenvalue weighted by molar-refractivity contribution is -0.0689. The monoisotopic (exact) mass is 408 g/mol. The predicted molar refractivity (Wildman–Crippen MR) is 102 cm³/mol. The van der Waals surface area contributed by atoms with Gasteiger partial charge in [-0.25, -0.2) is 0 Å². The molecule has 1 aliphatic rings. The highest BCUT2D eigenvalue weighted by Crippen LogP contribution is 2.43. The lowest BCUT2D eigenvalue weighted by Crippen LogP contribution is -2.41. The molecule has 0 saturated heterocycles. The van der Waals surface area contributed by atoms with Gasteiger partial charge in [0.05, 0.1) is 5.60 Å². The van der Waals surface area contributed by atoms with Crippen LogP contribution in [0.25, 0.3) is 0 Å². The summed E-state index contributed by atoms with van der Waals surface area (Å²) in [7, 11) is 0. The van der Waals surface area contributed by atoms with Crippen molar-refractivity contribution in [2.45, 2.75) is 97.5 Å². The minimum atomic E-state index is 0.200. The van der Waals surface area contributed by atoms with Gasteiger partial charge in [-0.3, -0.25) is 0 Å². The molecule has 0 spiro atoms. The van der Waals surface area contributed by atoms with Gasteiger partial charge in [-0.15, -0.1) is 0 Å². The summed E-state index contributed by atoms with van der Waals surface area (Å²) in [6, 6.07) is 0. The van der Waals surface area contributed by atoms with Crippen molar-refractivity contribution in [3.8, 4) is 0 Å². The first-order valence-corrected chi connectivity index (χ1v) is 10.7. The van der Waals surface area contributed by atoms with E-state index in [1.165, 1.54) is 64.2 Å². The summed E-state index contributed by atoms with van der Waals surface area (Å²) in [5.74, 6) is 0.881. The molecule has 1 aliphatic carbocycles. The van der Waals surface area contributed by atoms with Gasteiger partial charge in [0.15, 0.2) is 0 Å². The van der Waals surface area contributed by atoms with Gasteiger partial charge < -0.3 is 4.74 Å². The van der Waals surface area contributed by atoms with Crippen LogP contribution in [0.4, 0.5) is 0 Å². The lowest BCUT2D eigenvalue weighted by atomic mass is 9.69. The Balaban J connectivity index is 2.22. The second-order valence-corrected chi connectivity index (χ2v) is 8.84. The number of halogens is 1. The molecule has 0 aromatic carbocycles. The van der Waals surface area contributed by atoms with E-state index in [-0.39, 0.29) is 5.60 Å². The van der Waals surface area contributed by atoms with Crippen molar-refractivity contribution >= 4 is 22.6 Å². The van der Waals surface area contributed by atoms with Crippen LogP contribution >= 0.6 is 22.6 Å². The molecule has 0 aromatic rings. The summed E-state index contributed by atoms with van der Waals surface area (Å²) < 4.78 is 7.54. The molecule has 1 saturated carbocycles. The molecule has 21 heavy (non-hydrogen) atoms. The van der Waals surface area contributed by atoms with Crippen LogP contribution in [0.1, 0.15) is 91.9 Å². The average Bonchev–Trinajstić information content (AvgIpc) is 2.46. The largest absolute Gasteiger partial charge is 0.374 e. The molecule has 0 radical (unpaired) electrons. The predicted octanol–water partition coefficient (Wildman–Crippen LogP) is 6.77. The fourth-order valence-corrected chi connectivity index (χ4v) is 4.48. The van der Waals surface area contributed by atoms with Crippen molar-refractivity contribution in [1.29, 1.82) is 0 Å². The third-order valence-corrected chi connectivity index (χ3v) is 6.66. The Kier molecular flexibility index (Phi) is 9.16. The van der Waals surface area contributed by atoms with E-state index >= 15 is 0 Å². The van der Waals surface area contributed by atoms with E-state index in [4.69, 9.17) is 4.74 Å². The molecule has 0 heterocycles. The SMILES string of the molecule is CCCCCCCCOC1(CI)CCC(C(C)(C)C)CC1. The molecule has 2 heteroatoms.